The Balaban J connectivity index is 1.47. The van der Waals surface area contributed by atoms with E-state index in [1.165, 1.54) is 6.92 Å². The van der Waals surface area contributed by atoms with Gasteiger partial charge in [0.05, 0.1) is 18.3 Å². The van der Waals surface area contributed by atoms with Crippen molar-refractivity contribution >= 4 is 11.9 Å². The zero-order chi connectivity index (χ0) is 29.8. The van der Waals surface area contributed by atoms with E-state index in [1.807, 2.05) is 0 Å². The van der Waals surface area contributed by atoms with Crippen molar-refractivity contribution in [3.05, 3.63) is 0 Å². The van der Waals surface area contributed by atoms with Gasteiger partial charge in [-0.3, -0.25) is 4.79 Å². The van der Waals surface area contributed by atoms with Crippen LogP contribution >= 0.6 is 0 Å². The summed E-state index contributed by atoms with van der Waals surface area (Å²) in [5.74, 6) is -2.16. The number of rotatable bonds is 10. The van der Waals surface area contributed by atoms with E-state index in [-0.39, 0.29) is 12.3 Å². The van der Waals surface area contributed by atoms with Crippen molar-refractivity contribution in [3.63, 3.8) is 0 Å². The predicted octanol–water partition coefficient (Wildman–Crippen LogP) is -1.10. The summed E-state index contributed by atoms with van der Waals surface area (Å²) >= 11 is 0. The Kier molecular flexibility index (Phi) is 11.4. The first-order chi connectivity index (χ1) is 19.5. The van der Waals surface area contributed by atoms with Crippen LogP contribution in [0.2, 0.25) is 0 Å². The first kappa shape index (κ1) is 32.5. The number of primary amides is 1. The molecule has 0 bridgehead atoms. The van der Waals surface area contributed by atoms with Gasteiger partial charge in [0.15, 0.2) is 24.8 Å². The Morgan fingerprint density at radius 1 is 0.780 bits per heavy atom. The molecule has 0 aromatic heterocycles. The maximum atomic E-state index is 12.2. The van der Waals surface area contributed by atoms with Crippen LogP contribution in [0.25, 0.3) is 0 Å². The van der Waals surface area contributed by atoms with Crippen LogP contribution in [0.15, 0.2) is 0 Å². The quantitative estimate of drug-likeness (QED) is 0.160. The van der Waals surface area contributed by atoms with Crippen LogP contribution in [0.4, 0.5) is 0 Å². The summed E-state index contributed by atoms with van der Waals surface area (Å²) in [5.41, 5.74) is 5.46. The molecule has 2 aliphatic heterocycles. The fraction of sp³-hybridized carbons (Fsp3) is 0.926. The van der Waals surface area contributed by atoms with Crippen molar-refractivity contribution in [2.24, 2.45) is 11.7 Å². The minimum Gasteiger partial charge on any atom is -0.479 e. The third-order valence-corrected chi connectivity index (χ3v) is 8.76. The molecule has 0 aromatic carbocycles. The molecular formula is C27H45NO13. The van der Waals surface area contributed by atoms with Crippen molar-refractivity contribution in [1.29, 1.82) is 0 Å². The van der Waals surface area contributed by atoms with Crippen molar-refractivity contribution in [2.75, 3.05) is 0 Å². The Labute approximate surface area is 238 Å². The molecule has 4 rings (SSSR count). The average molecular weight is 592 g/mol. The van der Waals surface area contributed by atoms with Gasteiger partial charge in [-0.2, -0.15) is 0 Å². The van der Waals surface area contributed by atoms with E-state index < -0.39 is 91.6 Å². The highest BCUT2D eigenvalue weighted by Gasteiger charge is 2.51. The molecule has 0 radical (unpaired) electrons. The van der Waals surface area contributed by atoms with Gasteiger partial charge in [-0.25, -0.2) is 4.79 Å². The van der Waals surface area contributed by atoms with Crippen molar-refractivity contribution in [2.45, 2.75) is 151 Å². The number of aliphatic hydroxyl groups excluding tert-OH is 5. The van der Waals surface area contributed by atoms with E-state index in [4.69, 9.17) is 29.4 Å². The highest BCUT2D eigenvalue weighted by atomic mass is 16.7. The van der Waals surface area contributed by atoms with Crippen LogP contribution in [0.3, 0.4) is 0 Å². The second-order valence-corrected chi connectivity index (χ2v) is 11.8. The van der Waals surface area contributed by atoms with Gasteiger partial charge in [-0.1, -0.05) is 44.9 Å². The summed E-state index contributed by atoms with van der Waals surface area (Å²) in [6.45, 7) is 1.53. The lowest BCUT2D eigenvalue weighted by Crippen LogP contribution is -2.64. The van der Waals surface area contributed by atoms with Gasteiger partial charge in [0.1, 0.15) is 36.6 Å². The minimum atomic E-state index is -1.74. The molecule has 2 aliphatic carbocycles. The molecule has 1 amide bonds. The molecule has 13 atom stereocenters. The molecule has 4 fully saturated rings. The molecule has 14 nitrogen and oxygen atoms in total. The summed E-state index contributed by atoms with van der Waals surface area (Å²) in [5, 5.41) is 62.4. The zero-order valence-electron chi connectivity index (χ0n) is 23.3. The molecule has 14 heteroatoms. The highest BCUT2D eigenvalue weighted by molar-refractivity contribution is 5.79. The van der Waals surface area contributed by atoms with E-state index >= 15 is 0 Å². The number of carbonyl (C=O) groups excluding carboxylic acids is 1. The first-order valence-corrected chi connectivity index (χ1v) is 14.7. The topological polar surface area (TPSA) is 228 Å². The molecule has 236 valence electrons. The molecule has 8 N–H and O–H groups in total. The molecule has 41 heavy (non-hydrogen) atoms. The van der Waals surface area contributed by atoms with Crippen LogP contribution in [0, 0.1) is 5.92 Å². The van der Waals surface area contributed by atoms with E-state index in [0.717, 1.165) is 44.9 Å². The molecule has 4 aliphatic rings. The van der Waals surface area contributed by atoms with Gasteiger partial charge in [-0.05, 0) is 32.1 Å². The molecular weight excluding hydrogens is 546 g/mol. The Morgan fingerprint density at radius 2 is 1.34 bits per heavy atom. The van der Waals surface area contributed by atoms with Crippen LogP contribution in [-0.2, 0) is 33.3 Å². The van der Waals surface area contributed by atoms with Crippen LogP contribution in [-0.4, -0.2) is 122 Å². The van der Waals surface area contributed by atoms with Crippen molar-refractivity contribution in [3.8, 4) is 0 Å². The summed E-state index contributed by atoms with van der Waals surface area (Å²) in [6.07, 6.45) is -9.89. The monoisotopic (exact) mass is 591 g/mol. The molecule has 0 aromatic rings. The average Bonchev–Trinajstić information content (AvgIpc) is 2.94. The molecule has 0 spiro atoms. The van der Waals surface area contributed by atoms with Gasteiger partial charge in [-0.15, -0.1) is 0 Å². The number of aliphatic carboxylic acids is 1. The van der Waals surface area contributed by atoms with E-state index in [9.17, 15) is 40.2 Å². The number of amides is 1. The number of carbonyl (C=O) groups is 2. The lowest BCUT2D eigenvalue weighted by molar-refractivity contribution is -0.340. The maximum Gasteiger partial charge on any atom is 0.332 e. The van der Waals surface area contributed by atoms with Crippen LogP contribution < -0.4 is 5.73 Å². The lowest BCUT2D eigenvalue weighted by Gasteiger charge is -2.45. The summed E-state index contributed by atoms with van der Waals surface area (Å²) < 4.78 is 28.9. The van der Waals surface area contributed by atoms with Gasteiger partial charge in [0.25, 0.3) is 0 Å². The SMILES string of the molecule is C[C@H]1O[C@H](O[C@H]2CCCC[C@@H]2O[C@H]2O[C@H](C(N)=O)[C@H](O)[C@@H](O[C@@H](CC3CCCCC3)C(=O)O)[C@@H]2O)[C@H](O)[C@H](O)[C@@H]1O. The van der Waals surface area contributed by atoms with Crippen molar-refractivity contribution < 1.29 is 63.9 Å². The second-order valence-electron chi connectivity index (χ2n) is 11.8. The number of carboxylic acids is 1. The number of hydrogen-bond donors (Lipinski definition) is 7. The summed E-state index contributed by atoms with van der Waals surface area (Å²) in [4.78, 5) is 24.2. The molecule has 2 heterocycles. The van der Waals surface area contributed by atoms with Gasteiger partial charge in [0, 0.05) is 0 Å². The fourth-order valence-electron chi connectivity index (χ4n) is 6.32. The van der Waals surface area contributed by atoms with E-state index in [2.05, 4.69) is 0 Å². The smallest absolute Gasteiger partial charge is 0.332 e. The van der Waals surface area contributed by atoms with Gasteiger partial charge in [0.2, 0.25) is 5.91 Å². The number of carboxylic acid groups (broad SMARTS) is 1. The molecule has 0 unspecified atom stereocenters. The number of nitrogens with two attached hydrogens (primary N) is 1. The molecule has 2 saturated carbocycles. The summed E-state index contributed by atoms with van der Waals surface area (Å²) in [6, 6.07) is 0. The predicted molar refractivity (Wildman–Crippen MR) is 138 cm³/mol. The number of hydrogen-bond acceptors (Lipinski definition) is 12. The number of aliphatic hydroxyl groups is 5. The van der Waals surface area contributed by atoms with E-state index in [0.29, 0.717) is 12.8 Å². The van der Waals surface area contributed by atoms with Crippen molar-refractivity contribution in [1.82, 2.24) is 0 Å². The molecule has 2 saturated heterocycles. The minimum absolute atomic E-state index is 0.123. The normalized spacial score (nSPS) is 43.4. The summed E-state index contributed by atoms with van der Waals surface area (Å²) in [7, 11) is 0. The Bertz CT molecular complexity index is 872. The second kappa shape index (κ2) is 14.3. The highest BCUT2D eigenvalue weighted by Crippen LogP contribution is 2.34. The van der Waals surface area contributed by atoms with Gasteiger partial charge < -0.3 is 60.1 Å². The standard InChI is InChI=1S/C27H45NO13/c1-12-17(29)18(30)19(31)26(37-12)39-14-9-5-6-10-15(14)40-27-21(33)22(20(32)23(41-27)24(28)34)38-16(25(35)36)11-13-7-3-2-4-8-13/h12-23,26-27,29-33H,2-11H2,1H3,(H2,28,34)(H,35,36)/t12-,14+,15+,16+,17-,18-,19-,20-,21+,22-,23+,26-,27+/m1/s1. The van der Waals surface area contributed by atoms with Gasteiger partial charge >= 0.3 is 5.97 Å². The third kappa shape index (κ3) is 7.74. The first-order valence-electron chi connectivity index (χ1n) is 14.7. The third-order valence-electron chi connectivity index (χ3n) is 8.76. The Hall–Kier alpha value is -1.46. The number of ether oxygens (including phenoxy) is 5. The largest absolute Gasteiger partial charge is 0.479 e. The maximum absolute atomic E-state index is 12.2. The van der Waals surface area contributed by atoms with Crippen LogP contribution in [0.1, 0.15) is 71.1 Å². The van der Waals surface area contributed by atoms with E-state index in [1.54, 1.807) is 0 Å². The van der Waals surface area contributed by atoms with Crippen LogP contribution in [0.5, 0.6) is 0 Å². The lowest BCUT2D eigenvalue weighted by atomic mass is 9.85. The zero-order valence-corrected chi connectivity index (χ0v) is 23.3. The fourth-order valence-corrected chi connectivity index (χ4v) is 6.32. The Morgan fingerprint density at radius 3 is 1.90 bits per heavy atom.